The molecule has 0 unspecified atom stereocenters. The fourth-order valence-electron chi connectivity index (χ4n) is 3.34. The van der Waals surface area contributed by atoms with Gasteiger partial charge in [0.2, 0.25) is 5.91 Å². The van der Waals surface area contributed by atoms with E-state index in [9.17, 15) is 4.79 Å². The molecule has 6 heteroatoms. The molecule has 1 aliphatic rings. The number of nitrogens with zero attached hydrogens (tertiary/aromatic N) is 2. The first-order valence-electron chi connectivity index (χ1n) is 9.79. The van der Waals surface area contributed by atoms with Crippen molar-refractivity contribution in [2.45, 2.75) is 47.5 Å². The largest absolute Gasteiger partial charge is 0.345 e. The summed E-state index contributed by atoms with van der Waals surface area (Å²) in [5.41, 5.74) is 1.03. The van der Waals surface area contributed by atoms with Crippen molar-refractivity contribution in [3.05, 3.63) is 59.4 Å². The van der Waals surface area contributed by atoms with Crippen LogP contribution in [0.4, 0.5) is 0 Å². The number of thioether (sulfide) groups is 2. The van der Waals surface area contributed by atoms with Gasteiger partial charge in [0.05, 0.1) is 5.75 Å². The van der Waals surface area contributed by atoms with Gasteiger partial charge in [0.15, 0.2) is 0 Å². The second-order valence-corrected chi connectivity index (χ2v) is 10.1. The lowest BCUT2D eigenvalue weighted by Gasteiger charge is -2.31. The highest BCUT2D eigenvalue weighted by molar-refractivity contribution is 8.04. The Morgan fingerprint density at radius 2 is 2.00 bits per heavy atom. The van der Waals surface area contributed by atoms with Gasteiger partial charge in [-0.05, 0) is 43.2 Å². The van der Waals surface area contributed by atoms with E-state index in [1.807, 2.05) is 71.9 Å². The van der Waals surface area contributed by atoms with Crippen LogP contribution in [-0.4, -0.2) is 45.6 Å². The van der Waals surface area contributed by atoms with Crippen LogP contribution < -0.4 is 0 Å². The quantitative estimate of drug-likeness (QED) is 0.543. The fraction of sp³-hybridized carbons (Fsp3) is 0.455. The Morgan fingerprint density at radius 3 is 2.75 bits per heavy atom. The lowest BCUT2D eigenvalue weighted by molar-refractivity contribution is -0.127. The molecule has 1 heterocycles. The van der Waals surface area contributed by atoms with Crippen molar-refractivity contribution in [3.63, 3.8) is 0 Å². The number of carbonyl (C=O) groups is 1. The maximum atomic E-state index is 12.6. The third kappa shape index (κ3) is 6.71. The molecule has 28 heavy (non-hydrogen) atoms. The van der Waals surface area contributed by atoms with E-state index in [4.69, 9.17) is 11.6 Å². The minimum absolute atomic E-state index is 0.206. The van der Waals surface area contributed by atoms with Gasteiger partial charge in [0.25, 0.3) is 0 Å². The summed E-state index contributed by atoms with van der Waals surface area (Å²) >= 11 is 9.88. The first-order valence-corrected chi connectivity index (χ1v) is 12.1. The topological polar surface area (TPSA) is 33.2 Å². The lowest BCUT2D eigenvalue weighted by atomic mass is 10.00. The van der Waals surface area contributed by atoms with E-state index in [2.05, 4.69) is 11.1 Å². The molecule has 0 bridgehead atoms. The number of carbonyl (C=O) groups excluding carboxylic acids is 1. The molecule has 0 spiro atoms. The van der Waals surface area contributed by atoms with E-state index in [0.29, 0.717) is 22.8 Å². The molecule has 0 radical (unpaired) electrons. The maximum Gasteiger partial charge on any atom is 0.232 e. The van der Waals surface area contributed by atoms with Gasteiger partial charge in [-0.3, -0.25) is 9.78 Å². The number of rotatable bonds is 8. The third-order valence-corrected chi connectivity index (χ3v) is 8.21. The van der Waals surface area contributed by atoms with E-state index in [1.54, 1.807) is 6.20 Å². The molecule has 3 nitrogen and oxygen atoms in total. The number of amides is 1. The molecule has 1 amide bonds. The summed E-state index contributed by atoms with van der Waals surface area (Å²) in [5, 5.41) is 1.85. The summed E-state index contributed by atoms with van der Waals surface area (Å²) < 4.78 is 0. The van der Waals surface area contributed by atoms with Crippen LogP contribution >= 0.6 is 35.1 Å². The average molecular weight is 435 g/mol. The number of likely N-dealkylation sites (N-methyl/N-ethyl adjacent to an activating group) is 1. The van der Waals surface area contributed by atoms with E-state index >= 15 is 0 Å². The predicted molar refractivity (Wildman–Crippen MR) is 121 cm³/mol. The fourth-order valence-corrected chi connectivity index (χ4v) is 6.54. The highest BCUT2D eigenvalue weighted by Crippen LogP contribution is 2.40. The molecule has 0 saturated heterocycles. The molecule has 1 saturated carbocycles. The molecule has 0 aliphatic heterocycles. The van der Waals surface area contributed by atoms with Crippen molar-refractivity contribution in [2.75, 3.05) is 19.3 Å². The van der Waals surface area contributed by atoms with Crippen molar-refractivity contribution in [2.24, 2.45) is 0 Å². The zero-order valence-electron chi connectivity index (χ0n) is 16.2. The molecule has 1 fully saturated rings. The number of halogens is 1. The Labute approximate surface area is 181 Å². The molecular formula is C22H27ClN2OS2. The second-order valence-electron chi connectivity index (χ2n) is 7.13. The van der Waals surface area contributed by atoms with Crippen molar-refractivity contribution in [3.8, 4) is 0 Å². The third-order valence-electron chi connectivity index (χ3n) is 5.00. The van der Waals surface area contributed by atoms with Crippen LogP contribution in [0, 0.1) is 0 Å². The molecule has 2 atom stereocenters. The van der Waals surface area contributed by atoms with Crippen molar-refractivity contribution < 1.29 is 4.79 Å². The van der Waals surface area contributed by atoms with Gasteiger partial charge in [-0.1, -0.05) is 36.6 Å². The van der Waals surface area contributed by atoms with Gasteiger partial charge in [-0.2, -0.15) is 0 Å². The minimum atomic E-state index is 0.206. The van der Waals surface area contributed by atoms with Crippen LogP contribution in [0.3, 0.4) is 0 Å². The molecule has 1 aromatic heterocycles. The van der Waals surface area contributed by atoms with Crippen molar-refractivity contribution in [1.29, 1.82) is 0 Å². The molecule has 3 rings (SSSR count). The number of hydrogen-bond donors (Lipinski definition) is 0. The summed E-state index contributed by atoms with van der Waals surface area (Å²) in [7, 11) is 1.89. The van der Waals surface area contributed by atoms with Gasteiger partial charge in [0, 0.05) is 52.3 Å². The summed E-state index contributed by atoms with van der Waals surface area (Å²) in [6, 6.07) is 14.0. The normalized spacial score (nSPS) is 19.4. The number of pyridine rings is 1. The van der Waals surface area contributed by atoms with Crippen LogP contribution in [0.25, 0.3) is 0 Å². The number of hydrogen-bond acceptors (Lipinski definition) is 4. The Bertz CT molecular complexity index is 759. The summed E-state index contributed by atoms with van der Waals surface area (Å²) in [6.45, 7) is 0.710. The predicted octanol–water partition coefficient (Wildman–Crippen LogP) is 5.57. The van der Waals surface area contributed by atoms with Gasteiger partial charge in [-0.25, -0.2) is 0 Å². The zero-order chi connectivity index (χ0) is 19.8. The summed E-state index contributed by atoms with van der Waals surface area (Å²) in [5.74, 6) is 0.758. The molecule has 0 N–H and O–H groups in total. The van der Waals surface area contributed by atoms with Crippen LogP contribution in [0.1, 0.15) is 31.4 Å². The van der Waals surface area contributed by atoms with E-state index in [1.165, 1.54) is 30.6 Å². The first kappa shape index (κ1) is 21.5. The Kier molecular flexibility index (Phi) is 8.56. The number of aromatic nitrogens is 1. The van der Waals surface area contributed by atoms with Crippen LogP contribution in [0.15, 0.2) is 53.6 Å². The monoisotopic (exact) mass is 434 g/mol. The van der Waals surface area contributed by atoms with Gasteiger partial charge >= 0.3 is 0 Å². The average Bonchev–Trinajstić information content (AvgIpc) is 2.72. The van der Waals surface area contributed by atoms with Crippen LogP contribution in [0.5, 0.6) is 0 Å². The first-order chi connectivity index (χ1) is 13.6. The highest BCUT2D eigenvalue weighted by atomic mass is 35.5. The van der Waals surface area contributed by atoms with Crippen molar-refractivity contribution >= 4 is 41.0 Å². The van der Waals surface area contributed by atoms with Gasteiger partial charge < -0.3 is 4.90 Å². The van der Waals surface area contributed by atoms with Crippen LogP contribution in [0.2, 0.25) is 5.02 Å². The maximum absolute atomic E-state index is 12.6. The van der Waals surface area contributed by atoms with Crippen molar-refractivity contribution in [1.82, 2.24) is 9.88 Å². The molecule has 1 aliphatic carbocycles. The standard InChI is InChI=1S/C22H27ClN2OS2/c1-25(14-12-18-8-4-5-13-24-18)22(26)16-27-20-10-2-3-11-21(20)28-19-9-6-7-17(23)15-19/h4-9,13,15,20-21H,2-3,10-12,14,16H2,1H3/t20-,21-/m1/s1. The molecule has 150 valence electrons. The van der Waals surface area contributed by atoms with Gasteiger partial charge in [-0.15, -0.1) is 23.5 Å². The highest BCUT2D eigenvalue weighted by Gasteiger charge is 2.27. The zero-order valence-corrected chi connectivity index (χ0v) is 18.6. The van der Waals surface area contributed by atoms with E-state index < -0.39 is 0 Å². The Morgan fingerprint density at radius 1 is 1.18 bits per heavy atom. The second kappa shape index (κ2) is 11.1. The smallest absolute Gasteiger partial charge is 0.232 e. The van der Waals surface area contributed by atoms with Gasteiger partial charge in [0.1, 0.15) is 0 Å². The summed E-state index contributed by atoms with van der Waals surface area (Å²) in [4.78, 5) is 20.0. The van der Waals surface area contributed by atoms with E-state index in [-0.39, 0.29) is 5.91 Å². The molecule has 1 aromatic carbocycles. The Hall–Kier alpha value is -1.17. The molecular weight excluding hydrogens is 408 g/mol. The number of benzene rings is 1. The van der Waals surface area contributed by atoms with Crippen LogP contribution in [-0.2, 0) is 11.2 Å². The lowest BCUT2D eigenvalue weighted by Crippen LogP contribution is -2.32. The minimum Gasteiger partial charge on any atom is -0.345 e. The summed E-state index contributed by atoms with van der Waals surface area (Å²) in [6.07, 6.45) is 7.52. The molecule has 2 aromatic rings. The Balaban J connectivity index is 1.47. The van der Waals surface area contributed by atoms with E-state index in [0.717, 1.165) is 17.1 Å². The SMILES string of the molecule is CN(CCc1ccccn1)C(=O)CS[C@@H]1CCCC[C@H]1Sc1cccc(Cl)c1.